The molecule has 0 radical (unpaired) electrons. The van der Waals surface area contributed by atoms with Crippen molar-refractivity contribution in [1.82, 2.24) is 19.9 Å². The van der Waals surface area contributed by atoms with E-state index in [2.05, 4.69) is 65.9 Å². The molecule has 4 heteroatoms. The summed E-state index contributed by atoms with van der Waals surface area (Å²) in [6, 6.07) is 4.65. The Labute approximate surface area is 127 Å². The van der Waals surface area contributed by atoms with Crippen LogP contribution >= 0.6 is 0 Å². The van der Waals surface area contributed by atoms with Crippen LogP contribution in [0.2, 0.25) is 0 Å². The summed E-state index contributed by atoms with van der Waals surface area (Å²) in [5, 5.41) is 3.65. The minimum atomic E-state index is 0.290. The van der Waals surface area contributed by atoms with Crippen molar-refractivity contribution in [2.45, 2.75) is 53.1 Å². The van der Waals surface area contributed by atoms with E-state index >= 15 is 0 Å². The van der Waals surface area contributed by atoms with Crippen molar-refractivity contribution in [2.75, 3.05) is 6.54 Å². The highest BCUT2D eigenvalue weighted by Crippen LogP contribution is 2.19. The monoisotopic (exact) mass is 286 g/mol. The molecular weight excluding hydrogens is 260 g/mol. The normalized spacial score (nSPS) is 12.6. The van der Waals surface area contributed by atoms with Gasteiger partial charge in [-0.05, 0) is 51.4 Å². The molecule has 114 valence electrons. The molecule has 1 unspecified atom stereocenters. The Morgan fingerprint density at radius 2 is 1.90 bits per heavy atom. The van der Waals surface area contributed by atoms with Gasteiger partial charge in [0, 0.05) is 42.8 Å². The van der Waals surface area contributed by atoms with E-state index in [0.29, 0.717) is 0 Å². The molecule has 1 N–H and O–H groups in total. The van der Waals surface area contributed by atoms with Crippen molar-refractivity contribution in [3.63, 3.8) is 0 Å². The van der Waals surface area contributed by atoms with Gasteiger partial charge in [0.1, 0.15) is 5.82 Å². The van der Waals surface area contributed by atoms with E-state index in [1.54, 1.807) is 0 Å². The zero-order valence-electron chi connectivity index (χ0n) is 13.6. The molecule has 0 aromatic carbocycles. The lowest BCUT2D eigenvalue weighted by molar-refractivity contribution is 0.505. The molecule has 4 nitrogen and oxygen atoms in total. The molecule has 0 aliphatic carbocycles. The summed E-state index contributed by atoms with van der Waals surface area (Å²) in [6.45, 7) is 10.4. The maximum absolute atomic E-state index is 4.51. The molecule has 0 bridgehead atoms. The molecule has 0 fully saturated rings. The number of rotatable bonds is 7. The fraction of sp³-hybridized carbons (Fsp3) is 0.529. The van der Waals surface area contributed by atoms with Gasteiger partial charge in [-0.2, -0.15) is 0 Å². The third kappa shape index (κ3) is 4.14. The molecular formula is C17H26N4. The Morgan fingerprint density at radius 3 is 2.52 bits per heavy atom. The lowest BCUT2D eigenvalue weighted by Crippen LogP contribution is -2.25. The Hall–Kier alpha value is -1.68. The van der Waals surface area contributed by atoms with Crippen LogP contribution in [-0.2, 0) is 13.0 Å². The van der Waals surface area contributed by atoms with Gasteiger partial charge in [0.15, 0.2) is 0 Å². The van der Waals surface area contributed by atoms with Gasteiger partial charge in [0.05, 0.1) is 0 Å². The molecule has 0 aliphatic heterocycles. The van der Waals surface area contributed by atoms with E-state index in [0.717, 1.165) is 43.1 Å². The zero-order valence-corrected chi connectivity index (χ0v) is 13.6. The molecule has 21 heavy (non-hydrogen) atoms. The number of nitrogens with zero attached hydrogens (tertiary/aromatic N) is 3. The van der Waals surface area contributed by atoms with Crippen LogP contribution < -0.4 is 5.32 Å². The molecule has 1 atom stereocenters. The molecule has 0 saturated heterocycles. The van der Waals surface area contributed by atoms with E-state index < -0.39 is 0 Å². The number of aromatic nitrogens is 3. The number of imidazole rings is 1. The topological polar surface area (TPSA) is 42.7 Å². The van der Waals surface area contributed by atoms with E-state index in [1.165, 1.54) is 5.56 Å². The Morgan fingerprint density at radius 1 is 1.19 bits per heavy atom. The maximum Gasteiger partial charge on any atom is 0.110 e. The lowest BCUT2D eigenvalue weighted by atomic mass is 10.0. The molecule has 0 spiro atoms. The van der Waals surface area contributed by atoms with Crippen molar-refractivity contribution < 1.29 is 0 Å². The molecule has 0 saturated carbocycles. The second-order valence-corrected chi connectivity index (χ2v) is 5.52. The summed E-state index contributed by atoms with van der Waals surface area (Å²) in [4.78, 5) is 8.99. The van der Waals surface area contributed by atoms with E-state index in [9.17, 15) is 0 Å². The van der Waals surface area contributed by atoms with Gasteiger partial charge in [-0.25, -0.2) is 4.98 Å². The molecule has 2 aromatic rings. The maximum atomic E-state index is 4.51. The fourth-order valence-electron chi connectivity index (χ4n) is 2.69. The molecule has 2 heterocycles. The third-order valence-electron chi connectivity index (χ3n) is 3.68. The number of hydrogen-bond acceptors (Lipinski definition) is 3. The zero-order chi connectivity index (χ0) is 15.2. The van der Waals surface area contributed by atoms with Crippen LogP contribution in [-0.4, -0.2) is 21.1 Å². The molecule has 2 rings (SSSR count). The van der Waals surface area contributed by atoms with Gasteiger partial charge >= 0.3 is 0 Å². The number of aryl methyl sites for hydroxylation is 3. The van der Waals surface area contributed by atoms with Crippen LogP contribution in [0.4, 0.5) is 0 Å². The first-order valence-corrected chi connectivity index (χ1v) is 7.82. The Balaban J connectivity index is 2.25. The second kappa shape index (κ2) is 7.36. The summed E-state index contributed by atoms with van der Waals surface area (Å²) in [7, 11) is 0. The average molecular weight is 286 g/mol. The predicted molar refractivity (Wildman–Crippen MR) is 86.4 cm³/mol. The Kier molecular flexibility index (Phi) is 5.51. The largest absolute Gasteiger partial charge is 0.335 e. The van der Waals surface area contributed by atoms with E-state index in [4.69, 9.17) is 0 Å². The van der Waals surface area contributed by atoms with Crippen LogP contribution in [0.1, 0.15) is 49.1 Å². The van der Waals surface area contributed by atoms with Gasteiger partial charge in [0.2, 0.25) is 0 Å². The van der Waals surface area contributed by atoms with Crippen LogP contribution in [0.5, 0.6) is 0 Å². The van der Waals surface area contributed by atoms with Crippen molar-refractivity contribution in [2.24, 2.45) is 0 Å². The van der Waals surface area contributed by atoms with Crippen molar-refractivity contribution in [3.8, 4) is 0 Å². The third-order valence-corrected chi connectivity index (χ3v) is 3.68. The number of nitrogens with one attached hydrogen (secondary N) is 1. The highest BCUT2D eigenvalue weighted by Gasteiger charge is 2.15. The number of hydrogen-bond donors (Lipinski definition) is 1. The van der Waals surface area contributed by atoms with Crippen molar-refractivity contribution >= 4 is 0 Å². The van der Waals surface area contributed by atoms with Gasteiger partial charge in [-0.15, -0.1) is 0 Å². The van der Waals surface area contributed by atoms with Crippen molar-refractivity contribution in [3.05, 3.63) is 47.3 Å². The quantitative estimate of drug-likeness (QED) is 0.850. The van der Waals surface area contributed by atoms with Crippen LogP contribution in [0, 0.1) is 13.8 Å². The highest BCUT2D eigenvalue weighted by atomic mass is 15.1. The standard InChI is InChI=1S/C17H26N4/c1-5-7-18-16(12-17-19-8-9-21(17)6-2)15-10-13(3)20-14(4)11-15/h8-11,16,18H,5-7,12H2,1-4H3. The molecule has 0 amide bonds. The SMILES string of the molecule is CCCNC(Cc1nccn1CC)c1cc(C)nc(C)c1. The first-order valence-electron chi connectivity index (χ1n) is 7.82. The van der Waals surface area contributed by atoms with Gasteiger partial charge in [-0.3, -0.25) is 4.98 Å². The minimum Gasteiger partial charge on any atom is -0.335 e. The number of pyridine rings is 1. The van der Waals surface area contributed by atoms with Crippen LogP contribution in [0.25, 0.3) is 0 Å². The smallest absolute Gasteiger partial charge is 0.110 e. The highest BCUT2D eigenvalue weighted by molar-refractivity contribution is 5.24. The van der Waals surface area contributed by atoms with Gasteiger partial charge < -0.3 is 9.88 Å². The summed E-state index contributed by atoms with van der Waals surface area (Å²) in [5.74, 6) is 1.14. The fourth-order valence-corrected chi connectivity index (χ4v) is 2.69. The van der Waals surface area contributed by atoms with E-state index in [-0.39, 0.29) is 6.04 Å². The lowest BCUT2D eigenvalue weighted by Gasteiger charge is -2.20. The summed E-state index contributed by atoms with van der Waals surface area (Å²) < 4.78 is 2.21. The average Bonchev–Trinajstić information content (AvgIpc) is 2.89. The van der Waals surface area contributed by atoms with Gasteiger partial charge in [-0.1, -0.05) is 6.92 Å². The first-order chi connectivity index (χ1) is 10.1. The second-order valence-electron chi connectivity index (χ2n) is 5.52. The minimum absolute atomic E-state index is 0.290. The molecule has 2 aromatic heterocycles. The van der Waals surface area contributed by atoms with Gasteiger partial charge in [0.25, 0.3) is 0 Å². The summed E-state index contributed by atoms with van der Waals surface area (Å²) in [5.41, 5.74) is 3.46. The molecule has 0 aliphatic rings. The van der Waals surface area contributed by atoms with Crippen molar-refractivity contribution in [1.29, 1.82) is 0 Å². The van der Waals surface area contributed by atoms with Crippen LogP contribution in [0.3, 0.4) is 0 Å². The predicted octanol–water partition coefficient (Wildman–Crippen LogP) is 3.20. The Bertz CT molecular complexity index is 554. The first kappa shape index (κ1) is 15.7. The van der Waals surface area contributed by atoms with Crippen LogP contribution in [0.15, 0.2) is 24.5 Å². The van der Waals surface area contributed by atoms with E-state index in [1.807, 2.05) is 6.20 Å². The summed E-state index contributed by atoms with van der Waals surface area (Å²) >= 11 is 0. The summed E-state index contributed by atoms with van der Waals surface area (Å²) in [6.07, 6.45) is 5.97.